The fourth-order valence-corrected chi connectivity index (χ4v) is 4.10. The van der Waals surface area contributed by atoms with E-state index in [1.54, 1.807) is 0 Å². The third-order valence-electron chi connectivity index (χ3n) is 6.12. The molecule has 1 fully saturated rings. The molecule has 1 aromatic carbocycles. The highest BCUT2D eigenvalue weighted by atomic mass is 16.5. The van der Waals surface area contributed by atoms with Gasteiger partial charge in [-0.05, 0) is 86.9 Å². The lowest BCUT2D eigenvalue weighted by atomic mass is 9.83. The summed E-state index contributed by atoms with van der Waals surface area (Å²) in [5, 5.41) is 5.80. The number of ether oxygens (including phenoxy) is 1. The summed E-state index contributed by atoms with van der Waals surface area (Å²) in [4.78, 5) is 36.3. The Bertz CT molecular complexity index is 846. The van der Waals surface area contributed by atoms with Gasteiger partial charge < -0.3 is 10.1 Å². The summed E-state index contributed by atoms with van der Waals surface area (Å²) in [5.74, 6) is 0.564. The molecule has 6 heteroatoms. The molecule has 1 aliphatic carbocycles. The first-order valence-corrected chi connectivity index (χ1v) is 11.5. The molecule has 2 unspecified atom stereocenters. The van der Waals surface area contributed by atoms with Crippen LogP contribution in [0.5, 0.6) is 5.75 Å². The minimum atomic E-state index is -0.309. The Morgan fingerprint density at radius 3 is 2.81 bits per heavy atom. The molecule has 0 saturated carbocycles. The maximum Gasteiger partial charge on any atom is 0.230 e. The van der Waals surface area contributed by atoms with Crippen molar-refractivity contribution in [3.05, 3.63) is 41.0 Å². The predicted octanol–water partition coefficient (Wildman–Crippen LogP) is 3.59. The van der Waals surface area contributed by atoms with E-state index in [4.69, 9.17) is 4.74 Å². The molecule has 0 aromatic heterocycles. The van der Waals surface area contributed by atoms with Crippen molar-refractivity contribution in [2.24, 2.45) is 11.8 Å². The van der Waals surface area contributed by atoms with E-state index in [0.717, 1.165) is 43.7 Å². The van der Waals surface area contributed by atoms with Crippen molar-refractivity contribution in [2.45, 2.75) is 58.8 Å². The molecule has 31 heavy (non-hydrogen) atoms. The van der Waals surface area contributed by atoms with E-state index in [9.17, 15) is 14.4 Å². The molecule has 0 radical (unpaired) electrons. The van der Waals surface area contributed by atoms with Crippen LogP contribution in [0.2, 0.25) is 0 Å². The fourth-order valence-electron chi connectivity index (χ4n) is 4.10. The second-order valence-corrected chi connectivity index (χ2v) is 8.71. The number of ketones is 1. The Kier molecular flexibility index (Phi) is 8.41. The standard InChI is InChI=1S/C25H34N2O4/c1-3-12-26-13-10-17(2)11-14-31-21-7-8-22-18(16-21)4-5-19(24(22)29)15-20-6-9-23(28)27-25(20)30/h5,7-8,16-17,20,26H,3-4,6,9-15H2,1-2H3,(H,27,28,30). The number of allylic oxidation sites excluding steroid dienone is 2. The van der Waals surface area contributed by atoms with Crippen LogP contribution in [0.4, 0.5) is 0 Å². The smallest absolute Gasteiger partial charge is 0.230 e. The van der Waals surface area contributed by atoms with Gasteiger partial charge in [0.1, 0.15) is 5.75 Å². The Hall–Kier alpha value is -2.47. The topological polar surface area (TPSA) is 84.5 Å². The normalized spacial score (nSPS) is 19.5. The van der Waals surface area contributed by atoms with E-state index in [0.29, 0.717) is 49.3 Å². The van der Waals surface area contributed by atoms with Crippen LogP contribution in [-0.2, 0) is 16.0 Å². The van der Waals surface area contributed by atoms with Gasteiger partial charge in [-0.25, -0.2) is 0 Å². The molecule has 6 nitrogen and oxygen atoms in total. The lowest BCUT2D eigenvalue weighted by Gasteiger charge is -2.23. The highest BCUT2D eigenvalue weighted by Crippen LogP contribution is 2.30. The van der Waals surface area contributed by atoms with Crippen molar-refractivity contribution in [1.82, 2.24) is 10.6 Å². The molecule has 2 amide bonds. The molecule has 1 heterocycles. The summed E-state index contributed by atoms with van der Waals surface area (Å²) in [7, 11) is 0. The average Bonchev–Trinajstić information content (AvgIpc) is 2.75. The van der Waals surface area contributed by atoms with E-state index in [-0.39, 0.29) is 23.5 Å². The molecule has 168 valence electrons. The number of carbonyl (C=O) groups is 3. The van der Waals surface area contributed by atoms with Gasteiger partial charge >= 0.3 is 0 Å². The van der Waals surface area contributed by atoms with Crippen LogP contribution in [0, 0.1) is 11.8 Å². The summed E-state index contributed by atoms with van der Waals surface area (Å²) in [5.41, 5.74) is 2.32. The first-order valence-electron chi connectivity index (χ1n) is 11.5. The molecule has 3 rings (SSSR count). The molecule has 1 aromatic rings. The van der Waals surface area contributed by atoms with E-state index >= 15 is 0 Å². The molecule has 2 N–H and O–H groups in total. The van der Waals surface area contributed by atoms with Gasteiger partial charge in [-0.15, -0.1) is 0 Å². The van der Waals surface area contributed by atoms with Gasteiger partial charge in [0.15, 0.2) is 5.78 Å². The zero-order valence-electron chi connectivity index (χ0n) is 18.7. The second kappa shape index (κ2) is 11.2. The molecule has 0 bridgehead atoms. The van der Waals surface area contributed by atoms with Gasteiger partial charge in [-0.1, -0.05) is 19.9 Å². The fraction of sp³-hybridized carbons (Fsp3) is 0.560. The van der Waals surface area contributed by atoms with Crippen molar-refractivity contribution in [2.75, 3.05) is 19.7 Å². The van der Waals surface area contributed by atoms with Crippen LogP contribution in [0.15, 0.2) is 29.8 Å². The third-order valence-corrected chi connectivity index (χ3v) is 6.12. The number of hydrogen-bond donors (Lipinski definition) is 2. The number of imide groups is 1. The molecule has 2 aliphatic rings. The summed E-state index contributed by atoms with van der Waals surface area (Å²) < 4.78 is 5.94. The first kappa shape index (κ1) is 23.2. The van der Waals surface area contributed by atoms with Crippen LogP contribution in [0.1, 0.15) is 68.3 Å². The van der Waals surface area contributed by atoms with Crippen LogP contribution in [0.25, 0.3) is 0 Å². The van der Waals surface area contributed by atoms with Gasteiger partial charge in [0.25, 0.3) is 0 Å². The van der Waals surface area contributed by atoms with Gasteiger partial charge in [0.2, 0.25) is 11.8 Å². The number of amides is 2. The number of carbonyl (C=O) groups excluding carboxylic acids is 3. The quantitative estimate of drug-likeness (QED) is 0.417. The summed E-state index contributed by atoms with van der Waals surface area (Å²) in [6.45, 7) is 7.20. The Morgan fingerprint density at radius 1 is 1.19 bits per heavy atom. The number of Topliss-reactive ketones (excluding diaryl/α,β-unsaturated/α-hetero) is 1. The van der Waals surface area contributed by atoms with Crippen LogP contribution >= 0.6 is 0 Å². The van der Waals surface area contributed by atoms with Gasteiger partial charge in [0, 0.05) is 17.9 Å². The minimum Gasteiger partial charge on any atom is -0.494 e. The highest BCUT2D eigenvalue weighted by Gasteiger charge is 2.30. The zero-order chi connectivity index (χ0) is 22.2. The zero-order valence-corrected chi connectivity index (χ0v) is 18.7. The second-order valence-electron chi connectivity index (χ2n) is 8.71. The number of hydrogen-bond acceptors (Lipinski definition) is 5. The number of piperidine rings is 1. The number of benzene rings is 1. The monoisotopic (exact) mass is 426 g/mol. The lowest BCUT2D eigenvalue weighted by Crippen LogP contribution is -2.41. The SMILES string of the molecule is CCCNCCC(C)CCOc1ccc2c(c1)CC=C(CC1CCC(=O)NC1=O)C2=O. The molecule has 1 aliphatic heterocycles. The summed E-state index contributed by atoms with van der Waals surface area (Å²) in [6, 6.07) is 5.65. The molecule has 2 atom stereocenters. The van der Waals surface area contributed by atoms with E-state index in [2.05, 4.69) is 24.5 Å². The van der Waals surface area contributed by atoms with Crippen LogP contribution in [0.3, 0.4) is 0 Å². The highest BCUT2D eigenvalue weighted by molar-refractivity contribution is 6.11. The maximum absolute atomic E-state index is 12.9. The maximum atomic E-state index is 12.9. The summed E-state index contributed by atoms with van der Waals surface area (Å²) in [6.07, 6.45) is 7.10. The average molecular weight is 427 g/mol. The Labute approximate surface area is 184 Å². The van der Waals surface area contributed by atoms with Gasteiger partial charge in [0.05, 0.1) is 6.61 Å². The van der Waals surface area contributed by atoms with Gasteiger partial charge in [-0.3, -0.25) is 19.7 Å². The summed E-state index contributed by atoms with van der Waals surface area (Å²) >= 11 is 0. The van der Waals surface area contributed by atoms with E-state index in [1.807, 2.05) is 24.3 Å². The van der Waals surface area contributed by atoms with E-state index < -0.39 is 0 Å². The minimum absolute atomic E-state index is 0.0225. The first-order chi connectivity index (χ1) is 15.0. The molecular formula is C25H34N2O4. The third kappa shape index (κ3) is 6.50. The van der Waals surface area contributed by atoms with Crippen molar-refractivity contribution >= 4 is 17.6 Å². The van der Waals surface area contributed by atoms with Crippen molar-refractivity contribution in [3.8, 4) is 5.75 Å². The Balaban J connectivity index is 1.49. The predicted molar refractivity (Wildman–Crippen MR) is 120 cm³/mol. The van der Waals surface area contributed by atoms with Crippen molar-refractivity contribution in [1.29, 1.82) is 0 Å². The number of nitrogens with one attached hydrogen (secondary N) is 2. The van der Waals surface area contributed by atoms with Crippen LogP contribution < -0.4 is 15.4 Å². The number of fused-ring (bicyclic) bond motifs is 1. The van der Waals surface area contributed by atoms with Crippen molar-refractivity contribution < 1.29 is 19.1 Å². The Morgan fingerprint density at radius 2 is 2.03 bits per heavy atom. The van der Waals surface area contributed by atoms with Crippen molar-refractivity contribution in [3.63, 3.8) is 0 Å². The largest absolute Gasteiger partial charge is 0.494 e. The van der Waals surface area contributed by atoms with E-state index in [1.165, 1.54) is 0 Å². The lowest BCUT2D eigenvalue weighted by molar-refractivity contribution is -0.136. The number of rotatable bonds is 11. The molecule has 1 saturated heterocycles. The van der Waals surface area contributed by atoms with Crippen LogP contribution in [-0.4, -0.2) is 37.3 Å². The van der Waals surface area contributed by atoms with Gasteiger partial charge in [-0.2, -0.15) is 0 Å². The molecular weight excluding hydrogens is 392 g/mol. The molecule has 0 spiro atoms.